The molecule has 4 nitrogen and oxygen atoms in total. The van der Waals surface area contributed by atoms with Gasteiger partial charge in [-0.15, -0.1) is 0 Å². The molecular weight excluding hydrogens is 536 g/mol. The second-order valence-electron chi connectivity index (χ2n) is 11.0. The van der Waals surface area contributed by atoms with Crippen molar-refractivity contribution in [2.75, 3.05) is 10.3 Å². The lowest BCUT2D eigenvalue weighted by Crippen LogP contribution is -2.19. The van der Waals surface area contributed by atoms with Crippen molar-refractivity contribution in [1.82, 2.24) is 0 Å². The van der Waals surface area contributed by atoms with Crippen LogP contribution in [0.2, 0.25) is 0 Å². The molecule has 1 aliphatic carbocycles. The van der Waals surface area contributed by atoms with Gasteiger partial charge in [-0.1, -0.05) is 103 Å². The average molecular weight is 565 g/mol. The van der Waals surface area contributed by atoms with Gasteiger partial charge in [0, 0.05) is 22.6 Å². The molecule has 0 heterocycles. The van der Waals surface area contributed by atoms with Crippen LogP contribution in [0.1, 0.15) is 11.1 Å². The number of nitrogens with zero attached hydrogens (tertiary/aromatic N) is 2. The largest absolute Gasteiger partial charge is 0.310 e. The summed E-state index contributed by atoms with van der Waals surface area (Å²) in [6, 6.07) is 50.8. The Labute approximate surface area is 255 Å². The van der Waals surface area contributed by atoms with Crippen molar-refractivity contribution in [1.29, 1.82) is 5.41 Å². The third-order valence-corrected chi connectivity index (χ3v) is 8.28. The molecule has 4 heteroatoms. The summed E-state index contributed by atoms with van der Waals surface area (Å²) < 4.78 is 0. The molecule has 0 saturated heterocycles. The second-order valence-corrected chi connectivity index (χ2v) is 11.0. The van der Waals surface area contributed by atoms with E-state index in [9.17, 15) is 5.41 Å². The van der Waals surface area contributed by atoms with E-state index in [4.69, 9.17) is 0 Å². The SMILES string of the molecule is N=C1/C(=N\Nc2ccccc2)C=Cc2ccc3ccc(N(c4ccc5ccccc5c4)c4ccc5ccccc5c4)cc3c21. The molecule has 0 fully saturated rings. The van der Waals surface area contributed by atoms with Crippen LogP contribution in [0.4, 0.5) is 22.7 Å². The van der Waals surface area contributed by atoms with Crippen molar-refractivity contribution in [2.45, 2.75) is 0 Å². The van der Waals surface area contributed by atoms with Crippen LogP contribution < -0.4 is 10.3 Å². The van der Waals surface area contributed by atoms with Gasteiger partial charge in [0.25, 0.3) is 0 Å². The average Bonchev–Trinajstić information content (AvgIpc) is 3.08. The van der Waals surface area contributed by atoms with Crippen LogP contribution in [-0.4, -0.2) is 11.4 Å². The number of allylic oxidation sites excluding steroid dienone is 1. The molecule has 0 amide bonds. The minimum atomic E-state index is 0.400. The third-order valence-electron chi connectivity index (χ3n) is 8.28. The van der Waals surface area contributed by atoms with Gasteiger partial charge in [-0.25, -0.2) is 0 Å². The summed E-state index contributed by atoms with van der Waals surface area (Å²) in [6.07, 6.45) is 3.96. The van der Waals surface area contributed by atoms with E-state index in [0.29, 0.717) is 11.4 Å². The highest BCUT2D eigenvalue weighted by Gasteiger charge is 2.21. The van der Waals surface area contributed by atoms with Crippen LogP contribution in [0, 0.1) is 5.41 Å². The van der Waals surface area contributed by atoms with E-state index in [1.54, 1.807) is 0 Å². The Hall–Kier alpha value is -6.00. The molecule has 0 aliphatic heterocycles. The number of rotatable bonds is 5. The first-order chi connectivity index (χ1) is 21.7. The predicted molar refractivity (Wildman–Crippen MR) is 187 cm³/mol. The van der Waals surface area contributed by atoms with Gasteiger partial charge in [-0.2, -0.15) is 5.10 Å². The summed E-state index contributed by atoms with van der Waals surface area (Å²) in [6.45, 7) is 0. The number of hydrazone groups is 1. The molecule has 0 saturated carbocycles. The van der Waals surface area contributed by atoms with Crippen LogP contribution in [0.5, 0.6) is 0 Å². The molecule has 0 bridgehead atoms. The quantitative estimate of drug-likeness (QED) is 0.204. The van der Waals surface area contributed by atoms with Gasteiger partial charge in [0.05, 0.1) is 11.4 Å². The van der Waals surface area contributed by atoms with Gasteiger partial charge in [0.2, 0.25) is 0 Å². The zero-order chi connectivity index (χ0) is 29.5. The Balaban J connectivity index is 1.28. The number of hydrogen-bond acceptors (Lipinski definition) is 4. The van der Waals surface area contributed by atoms with E-state index in [1.807, 2.05) is 36.4 Å². The smallest absolute Gasteiger partial charge is 0.109 e. The predicted octanol–water partition coefficient (Wildman–Crippen LogP) is 10.5. The van der Waals surface area contributed by atoms with E-state index in [1.165, 1.54) is 21.5 Å². The van der Waals surface area contributed by atoms with Gasteiger partial charge in [0.1, 0.15) is 5.71 Å². The fraction of sp³-hybridized carbons (Fsp3) is 0. The number of nitrogens with one attached hydrogen (secondary N) is 2. The highest BCUT2D eigenvalue weighted by molar-refractivity contribution is 6.55. The normalized spacial score (nSPS) is 13.5. The first-order valence-electron chi connectivity index (χ1n) is 14.7. The lowest BCUT2D eigenvalue weighted by molar-refractivity contribution is 1.30. The number of anilines is 4. The standard InChI is InChI=1S/C40H28N4/c41-40-38(43-42-33-12-2-1-3-13-33)23-19-30-15-14-29-18-22-36(26-37(29)39(30)40)44(34-20-16-27-8-4-6-10-31(27)24-34)35-21-17-28-9-5-7-11-32(28)25-35/h1-26,41-42H/b41-40?,43-38-. The van der Waals surface area contributed by atoms with Gasteiger partial charge in [0.15, 0.2) is 0 Å². The summed E-state index contributed by atoms with van der Waals surface area (Å²) in [7, 11) is 0. The van der Waals surface area contributed by atoms with E-state index in [-0.39, 0.29) is 0 Å². The Bertz CT molecular complexity index is 2200. The first kappa shape index (κ1) is 25.7. The maximum atomic E-state index is 9.23. The Morgan fingerprint density at radius 3 is 1.70 bits per heavy atom. The lowest BCUT2D eigenvalue weighted by Gasteiger charge is -2.27. The number of fused-ring (bicyclic) bond motifs is 5. The van der Waals surface area contributed by atoms with Crippen molar-refractivity contribution in [2.24, 2.45) is 5.10 Å². The highest BCUT2D eigenvalue weighted by Crippen LogP contribution is 2.40. The maximum Gasteiger partial charge on any atom is 0.109 e. The zero-order valence-corrected chi connectivity index (χ0v) is 23.9. The van der Waals surface area contributed by atoms with Crippen LogP contribution in [0.25, 0.3) is 38.4 Å². The molecule has 0 radical (unpaired) electrons. The summed E-state index contributed by atoms with van der Waals surface area (Å²) in [5, 5.41) is 20.7. The number of para-hydroxylation sites is 1. The zero-order valence-electron chi connectivity index (χ0n) is 23.9. The third kappa shape index (κ3) is 4.59. The fourth-order valence-corrected chi connectivity index (χ4v) is 6.07. The molecule has 8 rings (SSSR count). The molecule has 7 aromatic rings. The van der Waals surface area contributed by atoms with Crippen molar-refractivity contribution in [3.05, 3.63) is 163 Å². The monoisotopic (exact) mass is 564 g/mol. The van der Waals surface area contributed by atoms with Gasteiger partial charge in [-0.3, -0.25) is 10.8 Å². The summed E-state index contributed by atoms with van der Waals surface area (Å²) >= 11 is 0. The number of benzene rings is 7. The molecule has 208 valence electrons. The Kier molecular flexibility index (Phi) is 6.24. The number of hydrogen-bond donors (Lipinski definition) is 2. The summed E-state index contributed by atoms with van der Waals surface area (Å²) in [4.78, 5) is 2.31. The highest BCUT2D eigenvalue weighted by atomic mass is 15.3. The first-order valence-corrected chi connectivity index (χ1v) is 14.7. The topological polar surface area (TPSA) is 51.5 Å². The lowest BCUT2D eigenvalue weighted by atomic mass is 9.89. The molecule has 0 spiro atoms. The molecule has 0 unspecified atom stereocenters. The van der Waals surface area contributed by atoms with Gasteiger partial charge in [-0.05, 0) is 92.5 Å². The van der Waals surface area contributed by atoms with Crippen molar-refractivity contribution in [3.63, 3.8) is 0 Å². The van der Waals surface area contributed by atoms with Gasteiger partial charge < -0.3 is 4.90 Å². The molecule has 0 aromatic heterocycles. The Morgan fingerprint density at radius 2 is 1.05 bits per heavy atom. The van der Waals surface area contributed by atoms with Crippen LogP contribution in [0.3, 0.4) is 0 Å². The summed E-state index contributed by atoms with van der Waals surface area (Å²) in [5.41, 5.74) is 10.1. The van der Waals surface area contributed by atoms with Crippen molar-refractivity contribution in [3.8, 4) is 0 Å². The minimum Gasteiger partial charge on any atom is -0.310 e. The minimum absolute atomic E-state index is 0.400. The molecule has 2 N–H and O–H groups in total. The maximum absolute atomic E-state index is 9.23. The second kappa shape index (κ2) is 10.7. The Morgan fingerprint density at radius 1 is 0.500 bits per heavy atom. The van der Waals surface area contributed by atoms with Crippen LogP contribution in [-0.2, 0) is 0 Å². The van der Waals surface area contributed by atoms with E-state index < -0.39 is 0 Å². The summed E-state index contributed by atoms with van der Waals surface area (Å²) in [5.74, 6) is 0. The van der Waals surface area contributed by atoms with Gasteiger partial charge >= 0.3 is 0 Å². The molecular formula is C40H28N4. The van der Waals surface area contributed by atoms with E-state index in [2.05, 4.69) is 137 Å². The van der Waals surface area contributed by atoms with E-state index in [0.717, 1.165) is 44.6 Å². The van der Waals surface area contributed by atoms with Crippen LogP contribution in [0.15, 0.2) is 157 Å². The molecule has 7 aromatic carbocycles. The molecule has 44 heavy (non-hydrogen) atoms. The van der Waals surface area contributed by atoms with Crippen molar-refractivity contribution >= 4 is 72.6 Å². The van der Waals surface area contributed by atoms with Crippen molar-refractivity contribution < 1.29 is 0 Å². The molecule has 1 aliphatic rings. The fourth-order valence-electron chi connectivity index (χ4n) is 6.07. The molecule has 0 atom stereocenters. The van der Waals surface area contributed by atoms with E-state index >= 15 is 0 Å². The van der Waals surface area contributed by atoms with Crippen LogP contribution >= 0.6 is 0 Å².